The third-order valence-corrected chi connectivity index (χ3v) is 2.21. The van der Waals surface area contributed by atoms with Gasteiger partial charge < -0.3 is 19.7 Å². The van der Waals surface area contributed by atoms with Crippen LogP contribution in [0.3, 0.4) is 0 Å². The number of carbonyl (C=O) groups is 2. The van der Waals surface area contributed by atoms with E-state index in [-0.39, 0.29) is 13.0 Å². The topological polar surface area (TPSA) is 93.1 Å². The van der Waals surface area contributed by atoms with E-state index in [0.29, 0.717) is 0 Å². The van der Waals surface area contributed by atoms with E-state index in [9.17, 15) is 14.7 Å². The molecule has 0 amide bonds. The van der Waals surface area contributed by atoms with Gasteiger partial charge in [0.25, 0.3) is 5.79 Å². The third-order valence-electron chi connectivity index (χ3n) is 2.21. The molecule has 0 saturated carbocycles. The molecule has 86 valence electrons. The van der Waals surface area contributed by atoms with Gasteiger partial charge in [-0.1, -0.05) is 0 Å². The van der Waals surface area contributed by atoms with Gasteiger partial charge >= 0.3 is 5.97 Å². The van der Waals surface area contributed by atoms with E-state index >= 15 is 0 Å². The van der Waals surface area contributed by atoms with Crippen molar-refractivity contribution >= 4 is 11.8 Å². The highest BCUT2D eigenvalue weighted by atomic mass is 16.7. The summed E-state index contributed by atoms with van der Waals surface area (Å²) in [5.41, 5.74) is 0. The SMILES string of the molecule is CCOC(=O)[C@H]1CC(=O)[C@](O)([C@H](C)O)O1. The molecule has 0 aromatic rings. The molecule has 0 radical (unpaired) electrons. The Morgan fingerprint density at radius 2 is 2.40 bits per heavy atom. The maximum atomic E-state index is 11.3. The molecule has 0 unspecified atom stereocenters. The van der Waals surface area contributed by atoms with Crippen molar-refractivity contribution in [3.05, 3.63) is 0 Å². The number of carbonyl (C=O) groups excluding carboxylic acids is 2. The van der Waals surface area contributed by atoms with Crippen molar-refractivity contribution in [2.24, 2.45) is 0 Å². The number of esters is 1. The van der Waals surface area contributed by atoms with Crippen LogP contribution in [0.4, 0.5) is 0 Å². The van der Waals surface area contributed by atoms with Crippen molar-refractivity contribution in [3.63, 3.8) is 0 Å². The number of aliphatic hydroxyl groups excluding tert-OH is 1. The van der Waals surface area contributed by atoms with Gasteiger partial charge in [0.2, 0.25) is 0 Å². The van der Waals surface area contributed by atoms with Crippen molar-refractivity contribution in [2.75, 3.05) is 6.61 Å². The van der Waals surface area contributed by atoms with E-state index in [2.05, 4.69) is 4.74 Å². The molecule has 3 atom stereocenters. The molecular formula is C9H14O6. The fraction of sp³-hybridized carbons (Fsp3) is 0.778. The van der Waals surface area contributed by atoms with Crippen molar-refractivity contribution in [1.82, 2.24) is 0 Å². The van der Waals surface area contributed by atoms with Crippen LogP contribution < -0.4 is 0 Å². The first-order chi connectivity index (χ1) is 6.91. The molecule has 1 rings (SSSR count). The lowest BCUT2D eigenvalue weighted by atomic mass is 10.1. The van der Waals surface area contributed by atoms with E-state index in [4.69, 9.17) is 9.84 Å². The van der Waals surface area contributed by atoms with Gasteiger partial charge in [-0.3, -0.25) is 4.79 Å². The first kappa shape index (κ1) is 12.1. The minimum atomic E-state index is -2.28. The fourth-order valence-corrected chi connectivity index (χ4v) is 1.34. The Bertz CT molecular complexity index is 274. The predicted molar refractivity (Wildman–Crippen MR) is 47.8 cm³/mol. The van der Waals surface area contributed by atoms with Gasteiger partial charge in [0.15, 0.2) is 11.9 Å². The maximum Gasteiger partial charge on any atom is 0.335 e. The number of ketones is 1. The van der Waals surface area contributed by atoms with Crippen LogP contribution in [0.5, 0.6) is 0 Å². The smallest absolute Gasteiger partial charge is 0.335 e. The standard InChI is InChI=1S/C9H14O6/c1-3-14-8(12)6-4-7(11)9(13,15-6)5(2)10/h5-6,10,13H,3-4H2,1-2H3/t5-,6+,9-/m0/s1. The van der Waals surface area contributed by atoms with Crippen LogP contribution in [-0.2, 0) is 19.1 Å². The fourth-order valence-electron chi connectivity index (χ4n) is 1.34. The molecule has 1 fully saturated rings. The molecule has 0 aliphatic carbocycles. The number of ether oxygens (including phenoxy) is 2. The van der Waals surface area contributed by atoms with Crippen LogP contribution in [0.2, 0.25) is 0 Å². The van der Waals surface area contributed by atoms with E-state index < -0.39 is 29.7 Å². The highest BCUT2D eigenvalue weighted by molar-refractivity contribution is 5.93. The van der Waals surface area contributed by atoms with Gasteiger partial charge in [0.1, 0.15) is 6.10 Å². The Kier molecular flexibility index (Phi) is 3.43. The van der Waals surface area contributed by atoms with Gasteiger partial charge in [-0.2, -0.15) is 0 Å². The number of hydrogen-bond acceptors (Lipinski definition) is 6. The average molecular weight is 218 g/mol. The molecular weight excluding hydrogens is 204 g/mol. The molecule has 0 aromatic heterocycles. The highest BCUT2D eigenvalue weighted by Crippen LogP contribution is 2.28. The second-order valence-electron chi connectivity index (χ2n) is 3.36. The van der Waals surface area contributed by atoms with Crippen LogP contribution in [0.15, 0.2) is 0 Å². The van der Waals surface area contributed by atoms with Crippen molar-refractivity contribution in [3.8, 4) is 0 Å². The summed E-state index contributed by atoms with van der Waals surface area (Å²) in [6.07, 6.45) is -2.79. The van der Waals surface area contributed by atoms with Gasteiger partial charge in [-0.15, -0.1) is 0 Å². The Morgan fingerprint density at radius 3 is 2.80 bits per heavy atom. The van der Waals surface area contributed by atoms with E-state index in [1.54, 1.807) is 6.92 Å². The predicted octanol–water partition coefficient (Wildman–Crippen LogP) is -1.02. The molecule has 15 heavy (non-hydrogen) atoms. The van der Waals surface area contributed by atoms with Crippen molar-refractivity contribution in [2.45, 2.75) is 38.3 Å². The molecule has 0 aromatic carbocycles. The van der Waals surface area contributed by atoms with Crippen molar-refractivity contribution < 1.29 is 29.3 Å². The number of Topliss-reactive ketones (excluding diaryl/α,β-unsaturated/α-hetero) is 1. The Balaban J connectivity index is 2.71. The summed E-state index contributed by atoms with van der Waals surface area (Å²) in [5.74, 6) is -3.70. The Hall–Kier alpha value is -0.980. The number of hydrogen-bond donors (Lipinski definition) is 2. The lowest BCUT2D eigenvalue weighted by Crippen LogP contribution is -2.46. The summed E-state index contributed by atoms with van der Waals surface area (Å²) in [4.78, 5) is 22.5. The largest absolute Gasteiger partial charge is 0.464 e. The molecule has 1 heterocycles. The number of aliphatic hydroxyl groups is 2. The van der Waals surface area contributed by atoms with Crippen LogP contribution in [-0.4, -0.2) is 46.6 Å². The second kappa shape index (κ2) is 4.26. The first-order valence-corrected chi connectivity index (χ1v) is 4.70. The van der Waals surface area contributed by atoms with Crippen LogP contribution >= 0.6 is 0 Å². The Labute approximate surface area is 86.8 Å². The molecule has 6 heteroatoms. The van der Waals surface area contributed by atoms with Crippen LogP contribution in [0.1, 0.15) is 20.3 Å². The van der Waals surface area contributed by atoms with Gasteiger partial charge in [0, 0.05) is 6.42 Å². The number of rotatable bonds is 3. The summed E-state index contributed by atoms with van der Waals surface area (Å²) in [6.45, 7) is 3.00. The quantitative estimate of drug-likeness (QED) is 0.589. The Morgan fingerprint density at radius 1 is 1.80 bits per heavy atom. The first-order valence-electron chi connectivity index (χ1n) is 4.70. The molecule has 6 nitrogen and oxygen atoms in total. The minimum Gasteiger partial charge on any atom is -0.464 e. The highest BCUT2D eigenvalue weighted by Gasteiger charge is 2.52. The zero-order valence-corrected chi connectivity index (χ0v) is 8.60. The van der Waals surface area contributed by atoms with Gasteiger partial charge in [-0.25, -0.2) is 4.79 Å². The van der Waals surface area contributed by atoms with E-state index in [1.165, 1.54) is 6.92 Å². The van der Waals surface area contributed by atoms with Crippen molar-refractivity contribution in [1.29, 1.82) is 0 Å². The zero-order chi connectivity index (χ0) is 11.6. The average Bonchev–Trinajstić information content (AvgIpc) is 2.45. The molecule has 1 aliphatic heterocycles. The van der Waals surface area contributed by atoms with Crippen LogP contribution in [0.25, 0.3) is 0 Å². The minimum absolute atomic E-state index is 0.167. The molecule has 0 bridgehead atoms. The molecule has 0 spiro atoms. The maximum absolute atomic E-state index is 11.3. The normalized spacial score (nSPS) is 32.8. The van der Waals surface area contributed by atoms with Crippen LogP contribution in [0, 0.1) is 0 Å². The monoisotopic (exact) mass is 218 g/mol. The second-order valence-corrected chi connectivity index (χ2v) is 3.36. The van der Waals surface area contributed by atoms with E-state index in [1.807, 2.05) is 0 Å². The summed E-state index contributed by atoms with van der Waals surface area (Å²) >= 11 is 0. The van der Waals surface area contributed by atoms with Gasteiger partial charge in [-0.05, 0) is 13.8 Å². The molecule has 2 N–H and O–H groups in total. The summed E-state index contributed by atoms with van der Waals surface area (Å²) in [7, 11) is 0. The summed E-state index contributed by atoms with van der Waals surface area (Å²) in [5, 5.41) is 18.8. The summed E-state index contributed by atoms with van der Waals surface area (Å²) < 4.78 is 9.46. The zero-order valence-electron chi connectivity index (χ0n) is 8.60. The van der Waals surface area contributed by atoms with E-state index in [0.717, 1.165) is 0 Å². The lowest BCUT2D eigenvalue weighted by Gasteiger charge is -2.23. The lowest BCUT2D eigenvalue weighted by molar-refractivity contribution is -0.235. The third kappa shape index (κ3) is 2.17. The summed E-state index contributed by atoms with van der Waals surface area (Å²) in [6, 6.07) is 0. The molecule has 1 saturated heterocycles. The molecule has 1 aliphatic rings. The van der Waals surface area contributed by atoms with Gasteiger partial charge in [0.05, 0.1) is 6.61 Å².